The van der Waals surface area contributed by atoms with Crippen molar-refractivity contribution in [3.8, 4) is 0 Å². The molecule has 1 aliphatic rings. The highest BCUT2D eigenvalue weighted by atomic mass is 16.2. The fourth-order valence-corrected chi connectivity index (χ4v) is 2.97. The Morgan fingerprint density at radius 2 is 1.75 bits per heavy atom. The van der Waals surface area contributed by atoms with Crippen LogP contribution in [-0.2, 0) is 11.2 Å². The fourth-order valence-electron chi connectivity index (χ4n) is 2.97. The average Bonchev–Trinajstić information content (AvgIpc) is 2.94. The van der Waals surface area contributed by atoms with Gasteiger partial charge in [-0.25, -0.2) is 0 Å². The predicted octanol–water partition coefficient (Wildman–Crippen LogP) is 2.35. The van der Waals surface area contributed by atoms with Crippen LogP contribution in [0.3, 0.4) is 0 Å². The summed E-state index contributed by atoms with van der Waals surface area (Å²) in [5, 5.41) is 0. The van der Waals surface area contributed by atoms with E-state index in [0.29, 0.717) is 6.54 Å². The first-order valence-corrected chi connectivity index (χ1v) is 7.58. The van der Waals surface area contributed by atoms with Gasteiger partial charge in [-0.1, -0.05) is 12.1 Å². The van der Waals surface area contributed by atoms with Crippen LogP contribution in [0.25, 0.3) is 0 Å². The fraction of sp³-hybridized carbons (Fsp3) is 0.588. The molecule has 0 bridgehead atoms. The summed E-state index contributed by atoms with van der Waals surface area (Å²) < 4.78 is 0. The maximum atomic E-state index is 12.5. The number of benzene rings is 1. The maximum Gasteiger partial charge on any atom is 0.227 e. The summed E-state index contributed by atoms with van der Waals surface area (Å²) in [5.41, 5.74) is 11.0. The predicted molar refractivity (Wildman–Crippen MR) is 82.7 cm³/mol. The molecular weight excluding hydrogens is 248 g/mol. The number of rotatable bonds is 4. The Kier molecular flexibility index (Phi) is 4.81. The van der Waals surface area contributed by atoms with E-state index in [0.717, 1.165) is 32.4 Å². The number of nitrogens with two attached hydrogens (primary N) is 1. The van der Waals surface area contributed by atoms with Gasteiger partial charge in [-0.15, -0.1) is 0 Å². The molecule has 0 saturated carbocycles. The molecule has 1 atom stereocenters. The summed E-state index contributed by atoms with van der Waals surface area (Å²) in [6.07, 6.45) is 3.02. The SMILES string of the molecule is Cc1cc(C)c(CC(CN)C(=O)N2CCCC2)cc1C. The van der Waals surface area contributed by atoms with E-state index in [2.05, 4.69) is 32.9 Å². The van der Waals surface area contributed by atoms with Crippen molar-refractivity contribution in [3.63, 3.8) is 0 Å². The molecule has 1 aromatic rings. The lowest BCUT2D eigenvalue weighted by Gasteiger charge is -2.23. The van der Waals surface area contributed by atoms with Crippen LogP contribution >= 0.6 is 0 Å². The van der Waals surface area contributed by atoms with Crippen LogP contribution in [0.2, 0.25) is 0 Å². The molecule has 0 spiro atoms. The van der Waals surface area contributed by atoms with Crippen LogP contribution in [0.4, 0.5) is 0 Å². The Bertz CT molecular complexity index is 490. The first kappa shape index (κ1) is 15.0. The molecular formula is C17H26N2O. The molecule has 2 N–H and O–H groups in total. The number of likely N-dealkylation sites (tertiary alicyclic amines) is 1. The third-order valence-electron chi connectivity index (χ3n) is 4.47. The average molecular weight is 274 g/mol. The zero-order valence-corrected chi connectivity index (χ0v) is 12.9. The second-order valence-electron chi connectivity index (χ2n) is 6.03. The molecule has 1 aromatic carbocycles. The molecule has 20 heavy (non-hydrogen) atoms. The normalized spacial score (nSPS) is 16.5. The van der Waals surface area contributed by atoms with Gasteiger partial charge in [0.05, 0.1) is 5.92 Å². The van der Waals surface area contributed by atoms with Gasteiger partial charge in [-0.2, -0.15) is 0 Å². The number of hydrogen-bond acceptors (Lipinski definition) is 2. The number of carbonyl (C=O) groups is 1. The smallest absolute Gasteiger partial charge is 0.227 e. The monoisotopic (exact) mass is 274 g/mol. The molecule has 1 heterocycles. The minimum atomic E-state index is -0.0751. The molecule has 2 rings (SSSR count). The standard InChI is InChI=1S/C17H26N2O/c1-12-8-14(3)15(9-13(12)2)10-16(11-18)17(20)19-6-4-5-7-19/h8-9,16H,4-7,10-11,18H2,1-3H3. The highest BCUT2D eigenvalue weighted by Crippen LogP contribution is 2.20. The molecule has 1 fully saturated rings. The van der Waals surface area contributed by atoms with E-state index in [1.54, 1.807) is 0 Å². The lowest BCUT2D eigenvalue weighted by molar-refractivity contribution is -0.134. The van der Waals surface area contributed by atoms with Gasteiger partial charge in [-0.05, 0) is 62.3 Å². The number of carbonyl (C=O) groups excluding carboxylic acids is 1. The quantitative estimate of drug-likeness (QED) is 0.916. The topological polar surface area (TPSA) is 46.3 Å². The second-order valence-corrected chi connectivity index (χ2v) is 6.03. The summed E-state index contributed by atoms with van der Waals surface area (Å²) in [4.78, 5) is 14.5. The van der Waals surface area contributed by atoms with Gasteiger partial charge in [0.2, 0.25) is 5.91 Å². The molecule has 1 unspecified atom stereocenters. The van der Waals surface area contributed by atoms with Gasteiger partial charge in [0.25, 0.3) is 0 Å². The molecule has 1 aliphatic heterocycles. The van der Waals surface area contributed by atoms with Crippen LogP contribution in [-0.4, -0.2) is 30.4 Å². The van der Waals surface area contributed by atoms with E-state index in [1.807, 2.05) is 4.90 Å². The first-order valence-electron chi connectivity index (χ1n) is 7.58. The van der Waals surface area contributed by atoms with Crippen LogP contribution in [0.5, 0.6) is 0 Å². The van der Waals surface area contributed by atoms with Gasteiger partial charge in [0.15, 0.2) is 0 Å². The number of aryl methyl sites for hydroxylation is 3. The van der Waals surface area contributed by atoms with E-state index < -0.39 is 0 Å². The largest absolute Gasteiger partial charge is 0.342 e. The van der Waals surface area contributed by atoms with Gasteiger partial charge in [0, 0.05) is 19.6 Å². The molecule has 1 saturated heterocycles. The van der Waals surface area contributed by atoms with E-state index in [1.165, 1.54) is 22.3 Å². The Hall–Kier alpha value is -1.35. The summed E-state index contributed by atoms with van der Waals surface area (Å²) in [5.74, 6) is 0.163. The summed E-state index contributed by atoms with van der Waals surface area (Å²) in [6, 6.07) is 4.42. The zero-order chi connectivity index (χ0) is 14.7. The van der Waals surface area contributed by atoms with Crippen molar-refractivity contribution in [1.29, 1.82) is 0 Å². The molecule has 0 radical (unpaired) electrons. The van der Waals surface area contributed by atoms with E-state index in [-0.39, 0.29) is 11.8 Å². The molecule has 3 nitrogen and oxygen atoms in total. The maximum absolute atomic E-state index is 12.5. The Morgan fingerprint density at radius 3 is 2.35 bits per heavy atom. The van der Waals surface area contributed by atoms with Crippen LogP contribution in [0.15, 0.2) is 12.1 Å². The van der Waals surface area contributed by atoms with Gasteiger partial charge in [-0.3, -0.25) is 4.79 Å². The Morgan fingerprint density at radius 1 is 1.15 bits per heavy atom. The molecule has 110 valence electrons. The highest BCUT2D eigenvalue weighted by molar-refractivity contribution is 5.79. The van der Waals surface area contributed by atoms with Crippen molar-refractivity contribution < 1.29 is 4.79 Å². The van der Waals surface area contributed by atoms with Gasteiger partial charge < -0.3 is 10.6 Å². The lowest BCUT2D eigenvalue weighted by atomic mass is 9.92. The van der Waals surface area contributed by atoms with E-state index >= 15 is 0 Å². The molecule has 3 heteroatoms. The first-order chi connectivity index (χ1) is 9.52. The van der Waals surface area contributed by atoms with Crippen molar-refractivity contribution in [2.45, 2.75) is 40.0 Å². The van der Waals surface area contributed by atoms with Gasteiger partial charge >= 0.3 is 0 Å². The Labute approximate surface area is 122 Å². The number of hydrogen-bond donors (Lipinski definition) is 1. The number of amides is 1. The van der Waals surface area contributed by atoms with Crippen LogP contribution < -0.4 is 5.73 Å². The van der Waals surface area contributed by atoms with Gasteiger partial charge in [0.1, 0.15) is 0 Å². The second kappa shape index (κ2) is 6.40. The molecule has 0 aliphatic carbocycles. The minimum absolute atomic E-state index is 0.0751. The summed E-state index contributed by atoms with van der Waals surface area (Å²) in [6.45, 7) is 8.61. The third-order valence-corrected chi connectivity index (χ3v) is 4.47. The third kappa shape index (κ3) is 3.21. The minimum Gasteiger partial charge on any atom is -0.342 e. The van der Waals surface area contributed by atoms with Crippen molar-refractivity contribution >= 4 is 5.91 Å². The van der Waals surface area contributed by atoms with Crippen molar-refractivity contribution in [3.05, 3.63) is 34.4 Å². The summed E-state index contributed by atoms with van der Waals surface area (Å²) >= 11 is 0. The number of nitrogens with zero attached hydrogens (tertiary/aromatic N) is 1. The lowest BCUT2D eigenvalue weighted by Crippen LogP contribution is -2.38. The van der Waals surface area contributed by atoms with Crippen LogP contribution in [0, 0.1) is 26.7 Å². The van der Waals surface area contributed by atoms with Crippen molar-refractivity contribution in [1.82, 2.24) is 4.90 Å². The van der Waals surface area contributed by atoms with E-state index in [4.69, 9.17) is 5.73 Å². The highest BCUT2D eigenvalue weighted by Gasteiger charge is 2.26. The Balaban J connectivity index is 2.13. The van der Waals surface area contributed by atoms with Crippen LogP contribution in [0.1, 0.15) is 35.1 Å². The van der Waals surface area contributed by atoms with E-state index in [9.17, 15) is 4.79 Å². The van der Waals surface area contributed by atoms with Crippen molar-refractivity contribution in [2.75, 3.05) is 19.6 Å². The summed E-state index contributed by atoms with van der Waals surface area (Å²) in [7, 11) is 0. The molecule has 0 aromatic heterocycles. The molecule has 1 amide bonds. The van der Waals surface area contributed by atoms with Crippen molar-refractivity contribution in [2.24, 2.45) is 11.7 Å². The zero-order valence-electron chi connectivity index (χ0n) is 12.9.